The molecule has 0 spiro atoms. The summed E-state index contributed by atoms with van der Waals surface area (Å²) in [4.78, 5) is 22.6. The number of hydrogen-bond donors (Lipinski definition) is 2. The molecule has 2 unspecified atom stereocenters. The molecule has 0 saturated heterocycles. The van der Waals surface area contributed by atoms with Gasteiger partial charge in [-0.05, 0) is 109 Å². The van der Waals surface area contributed by atoms with Crippen molar-refractivity contribution in [1.82, 2.24) is 0 Å². The Hall–Kier alpha value is -3.36. The number of carbonyl (C=O) groups is 1. The SMILES string of the molecule is CC/C=C\C/C=C\C/C=C\C/C=C\C/C=C\C/C=C\C/C=C\CCCCCC(=O)OC(COCCCCCCCCCCCCCCC/C=C\C/C=C\C/C=C\C/C=C\CC)COP(=O)(O)OCCN. The highest BCUT2D eigenvalue weighted by Crippen LogP contribution is 2.43. The molecular formula is C61H102NO7P. The highest BCUT2D eigenvalue weighted by molar-refractivity contribution is 7.47. The van der Waals surface area contributed by atoms with Crippen molar-refractivity contribution in [2.45, 2.75) is 213 Å². The fourth-order valence-corrected chi connectivity index (χ4v) is 7.85. The summed E-state index contributed by atoms with van der Waals surface area (Å²) in [6, 6.07) is 0. The van der Waals surface area contributed by atoms with Crippen LogP contribution < -0.4 is 5.73 Å². The van der Waals surface area contributed by atoms with Gasteiger partial charge in [-0.3, -0.25) is 13.8 Å². The fourth-order valence-electron chi connectivity index (χ4n) is 7.09. The summed E-state index contributed by atoms with van der Waals surface area (Å²) in [5.74, 6) is -0.366. The van der Waals surface area contributed by atoms with Crippen LogP contribution in [0.25, 0.3) is 0 Å². The van der Waals surface area contributed by atoms with Gasteiger partial charge in [0, 0.05) is 19.6 Å². The van der Waals surface area contributed by atoms with Gasteiger partial charge in [0.1, 0.15) is 6.10 Å². The average molecular weight is 992 g/mol. The number of phosphoric acid groups is 1. The minimum atomic E-state index is -4.31. The van der Waals surface area contributed by atoms with Crippen molar-refractivity contribution in [1.29, 1.82) is 0 Å². The molecule has 0 rings (SSSR count). The number of rotatable bonds is 51. The van der Waals surface area contributed by atoms with Gasteiger partial charge in [0.15, 0.2) is 0 Å². The summed E-state index contributed by atoms with van der Waals surface area (Å²) < 4.78 is 33.6. The molecule has 0 bridgehead atoms. The van der Waals surface area contributed by atoms with Crippen LogP contribution in [0.1, 0.15) is 206 Å². The van der Waals surface area contributed by atoms with Crippen molar-refractivity contribution < 1.29 is 32.8 Å². The summed E-state index contributed by atoms with van der Waals surface area (Å²) >= 11 is 0. The van der Waals surface area contributed by atoms with Crippen molar-refractivity contribution in [2.24, 2.45) is 5.73 Å². The lowest BCUT2D eigenvalue weighted by Gasteiger charge is -2.20. The van der Waals surface area contributed by atoms with Crippen molar-refractivity contribution in [3.8, 4) is 0 Å². The molecule has 0 aliphatic carbocycles. The topological polar surface area (TPSA) is 117 Å². The Kier molecular flexibility index (Phi) is 53.8. The van der Waals surface area contributed by atoms with E-state index in [2.05, 4.69) is 148 Å². The normalized spacial score (nSPS) is 14.3. The van der Waals surface area contributed by atoms with Crippen LogP contribution in [0.5, 0.6) is 0 Å². The summed E-state index contributed by atoms with van der Waals surface area (Å²) in [6.45, 7) is 4.63. The summed E-state index contributed by atoms with van der Waals surface area (Å²) in [7, 11) is -4.31. The maximum atomic E-state index is 12.7. The van der Waals surface area contributed by atoms with Gasteiger partial charge >= 0.3 is 13.8 Å². The molecule has 0 aromatic rings. The van der Waals surface area contributed by atoms with Gasteiger partial charge in [0.25, 0.3) is 0 Å². The molecule has 9 heteroatoms. The Labute approximate surface area is 429 Å². The van der Waals surface area contributed by atoms with E-state index in [-0.39, 0.29) is 38.8 Å². The molecule has 0 aromatic heterocycles. The molecule has 0 aromatic carbocycles. The predicted octanol–water partition coefficient (Wildman–Crippen LogP) is 17.9. The molecule has 0 amide bonds. The number of esters is 1. The van der Waals surface area contributed by atoms with Crippen LogP contribution in [-0.2, 0) is 27.9 Å². The first-order valence-electron chi connectivity index (χ1n) is 27.7. The molecule has 398 valence electrons. The van der Waals surface area contributed by atoms with E-state index in [0.717, 1.165) is 103 Å². The van der Waals surface area contributed by atoms with Crippen LogP contribution >= 0.6 is 7.82 Å². The van der Waals surface area contributed by atoms with E-state index in [9.17, 15) is 14.3 Å². The van der Waals surface area contributed by atoms with Crippen LogP contribution in [0.2, 0.25) is 0 Å². The third-order valence-electron chi connectivity index (χ3n) is 11.1. The maximum Gasteiger partial charge on any atom is 0.472 e. The van der Waals surface area contributed by atoms with E-state index in [1.54, 1.807) is 0 Å². The van der Waals surface area contributed by atoms with Crippen LogP contribution in [0.15, 0.2) is 134 Å². The second-order valence-corrected chi connectivity index (χ2v) is 19.1. The minimum Gasteiger partial charge on any atom is -0.457 e. The molecule has 8 nitrogen and oxygen atoms in total. The Balaban J connectivity index is 4.02. The molecule has 0 fully saturated rings. The molecule has 0 aliphatic rings. The van der Waals surface area contributed by atoms with Crippen LogP contribution in [0.3, 0.4) is 0 Å². The van der Waals surface area contributed by atoms with E-state index < -0.39 is 13.9 Å². The third kappa shape index (κ3) is 55.6. The zero-order valence-electron chi connectivity index (χ0n) is 44.4. The number of carbonyl (C=O) groups excluding carboxylic acids is 1. The lowest BCUT2D eigenvalue weighted by atomic mass is 10.0. The predicted molar refractivity (Wildman–Crippen MR) is 302 cm³/mol. The van der Waals surface area contributed by atoms with Gasteiger partial charge in [-0.1, -0.05) is 225 Å². The van der Waals surface area contributed by atoms with Gasteiger partial charge in [-0.15, -0.1) is 0 Å². The van der Waals surface area contributed by atoms with Crippen LogP contribution in [-0.4, -0.2) is 49.9 Å². The smallest absolute Gasteiger partial charge is 0.457 e. The summed E-state index contributed by atoms with van der Waals surface area (Å²) in [6.07, 6.45) is 80.7. The Morgan fingerprint density at radius 3 is 1.13 bits per heavy atom. The molecule has 0 heterocycles. The van der Waals surface area contributed by atoms with E-state index in [4.69, 9.17) is 24.3 Å². The maximum absolute atomic E-state index is 12.7. The van der Waals surface area contributed by atoms with Crippen molar-refractivity contribution >= 4 is 13.8 Å². The van der Waals surface area contributed by atoms with Gasteiger partial charge in [-0.2, -0.15) is 0 Å². The van der Waals surface area contributed by atoms with E-state index in [0.29, 0.717) is 13.0 Å². The van der Waals surface area contributed by atoms with Crippen molar-refractivity contribution in [3.05, 3.63) is 134 Å². The van der Waals surface area contributed by atoms with Crippen molar-refractivity contribution in [2.75, 3.05) is 33.0 Å². The first-order valence-corrected chi connectivity index (χ1v) is 29.2. The van der Waals surface area contributed by atoms with Crippen molar-refractivity contribution in [3.63, 3.8) is 0 Å². The number of ether oxygens (including phenoxy) is 2. The second kappa shape index (κ2) is 56.6. The molecule has 0 radical (unpaired) electrons. The molecule has 2 atom stereocenters. The monoisotopic (exact) mass is 992 g/mol. The quantitative estimate of drug-likeness (QED) is 0.0268. The molecule has 0 aliphatic heterocycles. The first-order chi connectivity index (χ1) is 34.4. The third-order valence-corrected chi connectivity index (χ3v) is 12.0. The second-order valence-electron chi connectivity index (χ2n) is 17.7. The van der Waals surface area contributed by atoms with Crippen LogP contribution in [0, 0.1) is 0 Å². The van der Waals surface area contributed by atoms with E-state index in [1.807, 2.05) is 0 Å². The molecular weight excluding hydrogens is 890 g/mol. The van der Waals surface area contributed by atoms with Gasteiger partial charge in [0.2, 0.25) is 0 Å². The summed E-state index contributed by atoms with van der Waals surface area (Å²) in [5, 5.41) is 0. The lowest BCUT2D eigenvalue weighted by Crippen LogP contribution is -2.28. The lowest BCUT2D eigenvalue weighted by molar-refractivity contribution is -0.154. The Bertz CT molecular complexity index is 1530. The van der Waals surface area contributed by atoms with Gasteiger partial charge in [-0.25, -0.2) is 4.57 Å². The van der Waals surface area contributed by atoms with Gasteiger partial charge < -0.3 is 20.1 Å². The Morgan fingerprint density at radius 2 is 0.757 bits per heavy atom. The number of phosphoric ester groups is 1. The average Bonchev–Trinajstić information content (AvgIpc) is 3.35. The fraction of sp³-hybridized carbons (Fsp3) is 0.623. The zero-order chi connectivity index (χ0) is 50.8. The number of allylic oxidation sites excluding steroid dienone is 22. The van der Waals surface area contributed by atoms with E-state index in [1.165, 1.54) is 77.0 Å². The van der Waals surface area contributed by atoms with Crippen LogP contribution in [0.4, 0.5) is 0 Å². The molecule has 70 heavy (non-hydrogen) atoms. The minimum absolute atomic E-state index is 0.0870. The number of unbranched alkanes of at least 4 members (excludes halogenated alkanes) is 16. The van der Waals surface area contributed by atoms with E-state index >= 15 is 0 Å². The Morgan fingerprint density at radius 1 is 0.429 bits per heavy atom. The zero-order valence-corrected chi connectivity index (χ0v) is 45.3. The molecule has 0 saturated carbocycles. The number of nitrogens with two attached hydrogens (primary N) is 1. The largest absolute Gasteiger partial charge is 0.472 e. The highest BCUT2D eigenvalue weighted by Gasteiger charge is 2.25. The van der Waals surface area contributed by atoms with Gasteiger partial charge in [0.05, 0.1) is 19.8 Å². The standard InChI is InChI=1S/C61H102NO7P/c1-3-5-7-9-11-13-15-17-19-21-23-25-27-29-31-33-35-37-39-41-43-45-47-49-51-53-56-66-58-60(59-68-70(64,65)67-57-55-62)69-61(63)54-52-50-48-46-44-42-40-38-36-34-32-30-28-26-24-22-20-18-16-14-12-10-8-6-4-2/h5-8,11-14,17-20,23-26,30,32,36,38,42,44,60H,3-4,9-10,15-16,21-22,27-29,31,33-35,37,39-41,43,45-59,62H2,1-2H3,(H,64,65)/b7-5-,8-6-,13-11-,14-12-,19-17-,20-18-,25-23-,26-24-,32-30-,38-36-,44-42-. The molecule has 3 N–H and O–H groups in total. The number of hydrogen-bond acceptors (Lipinski definition) is 7. The first kappa shape index (κ1) is 66.6. The summed E-state index contributed by atoms with van der Waals surface area (Å²) in [5.41, 5.74) is 5.40. The highest BCUT2D eigenvalue weighted by atomic mass is 31.2.